The third-order valence-corrected chi connectivity index (χ3v) is 8.15. The molecule has 1 unspecified atom stereocenters. The number of carbonyl (C=O) groups excluding carboxylic acids is 2. The fourth-order valence-corrected chi connectivity index (χ4v) is 6.24. The first-order valence-electron chi connectivity index (χ1n) is 11.1. The molecule has 184 valence electrons. The molecular weight excluding hydrogens is 525 g/mol. The van der Waals surface area contributed by atoms with E-state index in [1.54, 1.807) is 24.3 Å². The minimum atomic E-state index is -0.540. The number of hydrogen-bond donors (Lipinski definition) is 3. The number of amides is 2. The smallest absolute Gasteiger partial charge is 0.293 e. The number of thiocarbonyl (C=S) groups is 1. The summed E-state index contributed by atoms with van der Waals surface area (Å²) in [6.45, 7) is 6.69. The van der Waals surface area contributed by atoms with Crippen LogP contribution in [0.15, 0.2) is 34.7 Å². The number of hydrogen-bond acceptors (Lipinski definition) is 5. The number of primary amides is 1. The molecule has 0 spiro atoms. The van der Waals surface area contributed by atoms with E-state index in [1.807, 2.05) is 0 Å². The zero-order chi connectivity index (χ0) is 25.5. The fraction of sp³-hybridized carbons (Fsp3) is 0.320. The molecule has 3 aromatic rings. The molecule has 2 amide bonds. The van der Waals surface area contributed by atoms with E-state index in [4.69, 9.17) is 45.6 Å². The molecule has 0 saturated carbocycles. The molecule has 0 aliphatic heterocycles. The van der Waals surface area contributed by atoms with Crippen molar-refractivity contribution in [2.24, 2.45) is 17.1 Å². The number of thiophene rings is 1. The van der Waals surface area contributed by atoms with Crippen molar-refractivity contribution in [1.29, 1.82) is 0 Å². The highest BCUT2D eigenvalue weighted by Crippen LogP contribution is 2.44. The molecule has 6 nitrogen and oxygen atoms in total. The Morgan fingerprint density at radius 1 is 1.20 bits per heavy atom. The molecule has 1 aliphatic carbocycles. The average molecular weight is 551 g/mol. The molecular formula is C25H25Cl2N3O3S2. The van der Waals surface area contributed by atoms with E-state index in [2.05, 4.69) is 31.4 Å². The highest BCUT2D eigenvalue weighted by Gasteiger charge is 2.33. The van der Waals surface area contributed by atoms with Crippen LogP contribution in [0.5, 0.6) is 0 Å². The van der Waals surface area contributed by atoms with E-state index >= 15 is 0 Å². The lowest BCUT2D eigenvalue weighted by atomic mass is 9.72. The molecule has 0 fully saturated rings. The number of carbonyl (C=O) groups is 2. The maximum absolute atomic E-state index is 12.7. The molecule has 2 heterocycles. The monoisotopic (exact) mass is 549 g/mol. The van der Waals surface area contributed by atoms with Crippen molar-refractivity contribution in [3.8, 4) is 11.3 Å². The molecule has 35 heavy (non-hydrogen) atoms. The SMILES string of the molecule is CC(C)(C)C1CCc2c(sc(NC(=S)NC(=O)c3ccc(-c4cc(Cl)ccc4Cl)o3)c2C(N)=O)C1. The van der Waals surface area contributed by atoms with Gasteiger partial charge < -0.3 is 15.5 Å². The van der Waals surface area contributed by atoms with E-state index < -0.39 is 11.8 Å². The van der Waals surface area contributed by atoms with E-state index in [1.165, 1.54) is 17.4 Å². The number of nitrogens with two attached hydrogens (primary N) is 1. The van der Waals surface area contributed by atoms with Crippen LogP contribution in [-0.4, -0.2) is 16.9 Å². The predicted octanol–water partition coefficient (Wildman–Crippen LogP) is 6.69. The highest BCUT2D eigenvalue weighted by molar-refractivity contribution is 7.80. The van der Waals surface area contributed by atoms with Crippen molar-refractivity contribution in [2.45, 2.75) is 40.0 Å². The number of anilines is 1. The lowest BCUT2D eigenvalue weighted by Gasteiger charge is -2.33. The van der Waals surface area contributed by atoms with Gasteiger partial charge in [-0.05, 0) is 78.7 Å². The van der Waals surface area contributed by atoms with Gasteiger partial charge in [-0.15, -0.1) is 11.3 Å². The van der Waals surface area contributed by atoms with E-state index in [0.29, 0.717) is 37.9 Å². The number of rotatable bonds is 4. The zero-order valence-electron chi connectivity index (χ0n) is 19.5. The summed E-state index contributed by atoms with van der Waals surface area (Å²) in [6, 6.07) is 8.13. The average Bonchev–Trinajstić information content (AvgIpc) is 3.39. The van der Waals surface area contributed by atoms with Crippen LogP contribution in [0, 0.1) is 11.3 Å². The number of furan rings is 1. The van der Waals surface area contributed by atoms with Gasteiger partial charge in [-0.25, -0.2) is 0 Å². The second kappa shape index (κ2) is 9.93. The Bertz CT molecular complexity index is 1320. The molecule has 1 aromatic carbocycles. The summed E-state index contributed by atoms with van der Waals surface area (Å²) in [5.74, 6) is -0.0928. The Hall–Kier alpha value is -2.39. The number of benzene rings is 1. The van der Waals surface area contributed by atoms with Crippen molar-refractivity contribution in [3.63, 3.8) is 0 Å². The van der Waals surface area contributed by atoms with E-state index in [-0.39, 0.29) is 16.3 Å². The van der Waals surface area contributed by atoms with Crippen LogP contribution < -0.4 is 16.4 Å². The molecule has 0 radical (unpaired) electrons. The molecule has 2 aromatic heterocycles. The Kier molecular flexibility index (Phi) is 7.29. The summed E-state index contributed by atoms with van der Waals surface area (Å²) >= 11 is 19.1. The fourth-order valence-electron chi connectivity index (χ4n) is 4.26. The van der Waals surface area contributed by atoms with Crippen molar-refractivity contribution >= 4 is 68.7 Å². The first-order chi connectivity index (χ1) is 16.4. The zero-order valence-corrected chi connectivity index (χ0v) is 22.6. The van der Waals surface area contributed by atoms with Gasteiger partial charge in [-0.2, -0.15) is 0 Å². The molecule has 1 atom stereocenters. The molecule has 1 aliphatic rings. The third kappa shape index (κ3) is 5.56. The maximum atomic E-state index is 12.7. The number of halogens is 2. The van der Waals surface area contributed by atoms with Gasteiger partial charge in [-0.1, -0.05) is 44.0 Å². The van der Waals surface area contributed by atoms with Gasteiger partial charge in [0, 0.05) is 15.5 Å². The summed E-state index contributed by atoms with van der Waals surface area (Å²) in [6.07, 6.45) is 2.66. The molecule has 4 N–H and O–H groups in total. The predicted molar refractivity (Wildman–Crippen MR) is 146 cm³/mol. The van der Waals surface area contributed by atoms with Crippen LogP contribution in [0.2, 0.25) is 10.0 Å². The largest absolute Gasteiger partial charge is 0.451 e. The Labute approximate surface area is 223 Å². The van der Waals surface area contributed by atoms with Crippen LogP contribution in [0.3, 0.4) is 0 Å². The molecule has 0 saturated heterocycles. The van der Waals surface area contributed by atoms with Crippen LogP contribution in [-0.2, 0) is 12.8 Å². The number of fused-ring (bicyclic) bond motifs is 1. The van der Waals surface area contributed by atoms with Gasteiger partial charge >= 0.3 is 0 Å². The topological polar surface area (TPSA) is 97.4 Å². The Morgan fingerprint density at radius 2 is 1.94 bits per heavy atom. The van der Waals surface area contributed by atoms with Crippen LogP contribution >= 0.6 is 46.8 Å². The second-order valence-electron chi connectivity index (χ2n) is 9.57. The molecule has 4 rings (SSSR count). The van der Waals surface area contributed by atoms with Crippen molar-refractivity contribution in [3.05, 3.63) is 62.1 Å². The van der Waals surface area contributed by atoms with Gasteiger partial charge in [0.15, 0.2) is 10.9 Å². The standard InChI is InChI=1S/C25H25Cl2N3O3S2/c1-25(2,3)12-4-6-14-19(10-12)35-23(20(14)21(28)31)30-24(34)29-22(32)18-9-8-17(33-18)15-11-13(26)5-7-16(15)27/h5,7-9,11-12H,4,6,10H2,1-3H3,(H2,28,31)(H2,29,30,32,34). The Morgan fingerprint density at radius 3 is 2.63 bits per heavy atom. The first-order valence-corrected chi connectivity index (χ1v) is 13.0. The van der Waals surface area contributed by atoms with Gasteiger partial charge in [0.1, 0.15) is 10.8 Å². The summed E-state index contributed by atoms with van der Waals surface area (Å²) in [4.78, 5) is 26.1. The van der Waals surface area contributed by atoms with Crippen LogP contribution in [0.25, 0.3) is 11.3 Å². The highest BCUT2D eigenvalue weighted by atomic mass is 35.5. The van der Waals surface area contributed by atoms with Gasteiger partial charge in [0.05, 0.1) is 10.6 Å². The summed E-state index contributed by atoms with van der Waals surface area (Å²) in [7, 11) is 0. The Balaban J connectivity index is 1.49. The summed E-state index contributed by atoms with van der Waals surface area (Å²) < 4.78 is 5.68. The van der Waals surface area contributed by atoms with Crippen molar-refractivity contribution in [1.82, 2.24) is 5.32 Å². The van der Waals surface area contributed by atoms with Gasteiger partial charge in [0.25, 0.3) is 11.8 Å². The minimum absolute atomic E-state index is 0.0437. The van der Waals surface area contributed by atoms with Gasteiger partial charge in [-0.3, -0.25) is 14.9 Å². The third-order valence-electron chi connectivity index (χ3n) is 6.21. The normalized spacial score (nSPS) is 15.4. The van der Waals surface area contributed by atoms with E-state index in [0.717, 1.165) is 29.7 Å². The van der Waals surface area contributed by atoms with Crippen LogP contribution in [0.1, 0.15) is 58.5 Å². The first kappa shape index (κ1) is 25.7. The van der Waals surface area contributed by atoms with Crippen molar-refractivity contribution < 1.29 is 14.0 Å². The van der Waals surface area contributed by atoms with Gasteiger partial charge in [0.2, 0.25) is 0 Å². The van der Waals surface area contributed by atoms with E-state index in [9.17, 15) is 9.59 Å². The van der Waals surface area contributed by atoms with Crippen LogP contribution in [0.4, 0.5) is 5.00 Å². The minimum Gasteiger partial charge on any atom is -0.451 e. The summed E-state index contributed by atoms with van der Waals surface area (Å²) in [5.41, 5.74) is 7.88. The quantitative estimate of drug-likeness (QED) is 0.315. The summed E-state index contributed by atoms with van der Waals surface area (Å²) in [5, 5.41) is 7.13. The lowest BCUT2D eigenvalue weighted by molar-refractivity contribution is 0.0950. The molecule has 0 bridgehead atoms. The number of nitrogens with one attached hydrogen (secondary N) is 2. The maximum Gasteiger partial charge on any atom is 0.293 e. The molecule has 10 heteroatoms. The second-order valence-corrected chi connectivity index (χ2v) is 11.9. The van der Waals surface area contributed by atoms with Crippen molar-refractivity contribution in [2.75, 3.05) is 5.32 Å². The lowest BCUT2D eigenvalue weighted by Crippen LogP contribution is -2.34.